The Labute approximate surface area is 60.2 Å². The Kier molecular flexibility index (Phi) is 6.03. The van der Waals surface area contributed by atoms with Gasteiger partial charge in [0.1, 0.15) is 13.3 Å². The summed E-state index contributed by atoms with van der Waals surface area (Å²) in [4.78, 5) is 0. The van der Waals surface area contributed by atoms with E-state index in [2.05, 4.69) is 0 Å². The highest BCUT2D eigenvalue weighted by atomic mass is 19.1. The fraction of sp³-hybridized carbons (Fsp3) is 0.500. The maximum atomic E-state index is 11.5. The van der Waals surface area contributed by atoms with Crippen molar-refractivity contribution >= 4 is 0 Å². The monoisotopic (exact) mass is 146 g/mol. The molecule has 1 unspecified atom stereocenters. The van der Waals surface area contributed by atoms with Gasteiger partial charge in [0.25, 0.3) is 0 Å². The summed E-state index contributed by atoms with van der Waals surface area (Å²) in [6.07, 6.45) is 6.25. The molecular formula is C8H12F2. The summed E-state index contributed by atoms with van der Waals surface area (Å²) >= 11 is 0. The van der Waals surface area contributed by atoms with Gasteiger partial charge in [-0.25, -0.2) is 8.78 Å². The van der Waals surface area contributed by atoms with E-state index >= 15 is 0 Å². The SMILES string of the molecule is CC(C=CCF)/C=C\CF. The lowest BCUT2D eigenvalue weighted by atomic mass is 10.1. The number of halogens is 2. The molecule has 0 N–H and O–H groups in total. The van der Waals surface area contributed by atoms with Crippen molar-refractivity contribution in [1.29, 1.82) is 0 Å². The van der Waals surface area contributed by atoms with E-state index < -0.39 is 13.3 Å². The molecule has 0 amide bonds. The standard InChI is InChI=1S/C8H12F2/c1-8(4-2-6-9)5-3-7-10/h2-5,8H,6-7H2,1H3/b4-2-,5-3?. The summed E-state index contributed by atoms with van der Waals surface area (Å²) in [7, 11) is 0. The highest BCUT2D eigenvalue weighted by Gasteiger charge is 1.86. The van der Waals surface area contributed by atoms with E-state index in [1.54, 1.807) is 12.2 Å². The molecule has 0 bridgehead atoms. The highest BCUT2D eigenvalue weighted by molar-refractivity contribution is 4.98. The Balaban J connectivity index is 3.52. The van der Waals surface area contributed by atoms with E-state index in [0.29, 0.717) is 0 Å². The van der Waals surface area contributed by atoms with Crippen molar-refractivity contribution in [3.63, 3.8) is 0 Å². The molecule has 0 aliphatic heterocycles. The van der Waals surface area contributed by atoms with Crippen molar-refractivity contribution < 1.29 is 8.78 Å². The predicted octanol–water partition coefficient (Wildman–Crippen LogP) is 2.67. The van der Waals surface area contributed by atoms with Gasteiger partial charge in [-0.2, -0.15) is 0 Å². The molecule has 0 nitrogen and oxygen atoms in total. The van der Waals surface area contributed by atoms with E-state index in [0.717, 1.165) is 0 Å². The van der Waals surface area contributed by atoms with Crippen molar-refractivity contribution in [3.05, 3.63) is 24.3 Å². The van der Waals surface area contributed by atoms with Gasteiger partial charge in [0.05, 0.1) is 0 Å². The van der Waals surface area contributed by atoms with Gasteiger partial charge < -0.3 is 0 Å². The van der Waals surface area contributed by atoms with E-state index in [1.165, 1.54) is 12.2 Å². The first kappa shape index (κ1) is 9.34. The van der Waals surface area contributed by atoms with Gasteiger partial charge in [-0.15, -0.1) is 0 Å². The molecule has 0 aliphatic carbocycles. The lowest BCUT2D eigenvalue weighted by Gasteiger charge is -1.93. The highest BCUT2D eigenvalue weighted by Crippen LogP contribution is 1.98. The maximum Gasteiger partial charge on any atom is 0.108 e. The largest absolute Gasteiger partial charge is 0.247 e. The van der Waals surface area contributed by atoms with Crippen LogP contribution in [0.2, 0.25) is 0 Å². The van der Waals surface area contributed by atoms with Crippen LogP contribution in [0.15, 0.2) is 24.3 Å². The number of rotatable bonds is 4. The second-order valence-electron chi connectivity index (χ2n) is 2.02. The van der Waals surface area contributed by atoms with Crippen LogP contribution in [0.3, 0.4) is 0 Å². The average molecular weight is 146 g/mol. The van der Waals surface area contributed by atoms with Crippen LogP contribution in [0.4, 0.5) is 8.78 Å². The molecule has 0 saturated carbocycles. The predicted molar refractivity (Wildman–Crippen MR) is 39.4 cm³/mol. The van der Waals surface area contributed by atoms with Crippen molar-refractivity contribution in [1.82, 2.24) is 0 Å². The first-order chi connectivity index (χ1) is 4.81. The van der Waals surface area contributed by atoms with Crippen LogP contribution >= 0.6 is 0 Å². The van der Waals surface area contributed by atoms with Gasteiger partial charge in [0, 0.05) is 0 Å². The third-order valence-corrected chi connectivity index (χ3v) is 1.06. The topological polar surface area (TPSA) is 0 Å². The molecule has 0 radical (unpaired) electrons. The third kappa shape index (κ3) is 5.48. The number of hydrogen-bond donors (Lipinski definition) is 0. The lowest BCUT2D eigenvalue weighted by Crippen LogP contribution is -1.82. The third-order valence-electron chi connectivity index (χ3n) is 1.06. The summed E-state index contributed by atoms with van der Waals surface area (Å²) in [5, 5.41) is 0. The number of hydrogen-bond acceptors (Lipinski definition) is 0. The summed E-state index contributed by atoms with van der Waals surface area (Å²) in [5.74, 6) is 0.131. The minimum Gasteiger partial charge on any atom is -0.247 e. The van der Waals surface area contributed by atoms with E-state index in [4.69, 9.17) is 0 Å². The summed E-state index contributed by atoms with van der Waals surface area (Å²) in [5.41, 5.74) is 0. The van der Waals surface area contributed by atoms with Gasteiger partial charge in [0.15, 0.2) is 0 Å². The van der Waals surface area contributed by atoms with Gasteiger partial charge in [-0.05, 0) is 5.92 Å². The first-order valence-corrected chi connectivity index (χ1v) is 3.26. The van der Waals surface area contributed by atoms with Crippen LogP contribution in [0, 0.1) is 5.92 Å². The first-order valence-electron chi connectivity index (χ1n) is 3.26. The zero-order valence-corrected chi connectivity index (χ0v) is 6.06. The second kappa shape index (κ2) is 6.46. The van der Waals surface area contributed by atoms with Crippen LogP contribution in [0.5, 0.6) is 0 Å². The van der Waals surface area contributed by atoms with Crippen molar-refractivity contribution in [3.8, 4) is 0 Å². The molecule has 0 aromatic heterocycles. The lowest BCUT2D eigenvalue weighted by molar-refractivity contribution is 0.557. The Morgan fingerprint density at radius 3 is 1.80 bits per heavy atom. The fourth-order valence-electron chi connectivity index (χ4n) is 0.596. The zero-order valence-electron chi connectivity index (χ0n) is 6.06. The van der Waals surface area contributed by atoms with Gasteiger partial charge >= 0.3 is 0 Å². The Morgan fingerprint density at radius 1 is 1.10 bits per heavy atom. The smallest absolute Gasteiger partial charge is 0.108 e. The van der Waals surface area contributed by atoms with E-state index in [-0.39, 0.29) is 5.92 Å². The van der Waals surface area contributed by atoms with E-state index in [1.807, 2.05) is 6.92 Å². The van der Waals surface area contributed by atoms with Crippen LogP contribution in [0.25, 0.3) is 0 Å². The van der Waals surface area contributed by atoms with Crippen molar-refractivity contribution in [2.45, 2.75) is 6.92 Å². The minimum atomic E-state index is -0.451. The molecule has 10 heavy (non-hydrogen) atoms. The molecule has 2 heteroatoms. The maximum absolute atomic E-state index is 11.5. The Hall–Kier alpha value is -0.660. The molecule has 0 aromatic rings. The summed E-state index contributed by atoms with van der Waals surface area (Å²) in [6.45, 7) is 0.972. The average Bonchev–Trinajstić information content (AvgIpc) is 1.97. The van der Waals surface area contributed by atoms with Crippen LogP contribution in [-0.4, -0.2) is 13.3 Å². The molecule has 0 aromatic carbocycles. The van der Waals surface area contributed by atoms with Crippen LogP contribution in [-0.2, 0) is 0 Å². The quantitative estimate of drug-likeness (QED) is 0.535. The van der Waals surface area contributed by atoms with Gasteiger partial charge in [0.2, 0.25) is 0 Å². The van der Waals surface area contributed by atoms with Gasteiger partial charge in [-0.1, -0.05) is 31.2 Å². The molecule has 0 aliphatic rings. The zero-order chi connectivity index (χ0) is 7.82. The van der Waals surface area contributed by atoms with Crippen molar-refractivity contribution in [2.24, 2.45) is 5.92 Å². The molecule has 0 spiro atoms. The Morgan fingerprint density at radius 2 is 1.50 bits per heavy atom. The van der Waals surface area contributed by atoms with Gasteiger partial charge in [-0.3, -0.25) is 0 Å². The molecule has 0 fully saturated rings. The normalized spacial score (nSPS) is 15.1. The van der Waals surface area contributed by atoms with Crippen molar-refractivity contribution in [2.75, 3.05) is 13.3 Å². The minimum absolute atomic E-state index is 0.131. The molecule has 0 rings (SSSR count). The molecular weight excluding hydrogens is 134 g/mol. The molecule has 58 valence electrons. The van der Waals surface area contributed by atoms with Crippen LogP contribution < -0.4 is 0 Å². The number of alkyl halides is 2. The second-order valence-corrected chi connectivity index (χ2v) is 2.02. The molecule has 0 heterocycles. The fourth-order valence-corrected chi connectivity index (χ4v) is 0.596. The van der Waals surface area contributed by atoms with E-state index in [9.17, 15) is 8.78 Å². The molecule has 0 saturated heterocycles. The van der Waals surface area contributed by atoms with Crippen LogP contribution in [0.1, 0.15) is 6.92 Å². The molecule has 1 atom stereocenters. The summed E-state index contributed by atoms with van der Waals surface area (Å²) < 4.78 is 23.0. The number of allylic oxidation sites excluding steroid dienone is 4. The Bertz CT molecular complexity index is 102. The summed E-state index contributed by atoms with van der Waals surface area (Å²) in [6, 6.07) is 0.